The highest BCUT2D eigenvalue weighted by atomic mass is 32.2. The quantitative estimate of drug-likeness (QED) is 0.466. The number of hydrogen-bond acceptors (Lipinski definition) is 4. The third-order valence-corrected chi connectivity index (χ3v) is 7.25. The van der Waals surface area contributed by atoms with Crippen LogP contribution in [0, 0.1) is 11.7 Å². The van der Waals surface area contributed by atoms with Gasteiger partial charge in [-0.05, 0) is 66.2 Å². The second-order valence-electron chi connectivity index (χ2n) is 8.83. The summed E-state index contributed by atoms with van der Waals surface area (Å²) in [6.07, 6.45) is -1.92. The van der Waals surface area contributed by atoms with Crippen molar-refractivity contribution in [1.82, 2.24) is 0 Å². The molecule has 176 valence electrons. The van der Waals surface area contributed by atoms with Crippen LogP contribution < -0.4 is 14.9 Å². The molecule has 3 aromatic carbocycles. The van der Waals surface area contributed by atoms with Crippen molar-refractivity contribution in [2.75, 3.05) is 22.9 Å². The monoisotopic (exact) mass is 483 g/mol. The highest BCUT2D eigenvalue weighted by molar-refractivity contribution is 7.97. The zero-order chi connectivity index (χ0) is 24.0. The predicted molar refractivity (Wildman–Crippen MR) is 130 cm³/mol. The Morgan fingerprint density at radius 3 is 2.47 bits per heavy atom. The maximum Gasteiger partial charge on any atom is 0.264 e. The number of amides is 1. The van der Waals surface area contributed by atoms with Crippen LogP contribution in [0.5, 0.6) is 0 Å². The maximum atomic E-state index is 14.1. The van der Waals surface area contributed by atoms with Crippen molar-refractivity contribution in [3.8, 4) is 11.1 Å². The van der Waals surface area contributed by atoms with Gasteiger partial charge >= 0.3 is 0 Å². The normalized spacial score (nSPS) is 17.8. The Bertz CT molecular complexity index is 1230. The number of nitrogens with zero attached hydrogens (tertiary/aromatic N) is 2. The number of fused-ring (bicyclic) bond motifs is 1. The summed E-state index contributed by atoms with van der Waals surface area (Å²) in [5.74, 6) is -0.488. The predicted octanol–water partition coefficient (Wildman–Crippen LogP) is 5.81. The van der Waals surface area contributed by atoms with E-state index in [4.69, 9.17) is 5.14 Å². The Kier molecular flexibility index (Phi) is 6.04. The zero-order valence-electron chi connectivity index (χ0n) is 18.5. The molecule has 4 nitrogen and oxygen atoms in total. The molecule has 1 saturated heterocycles. The van der Waals surface area contributed by atoms with Crippen molar-refractivity contribution in [2.24, 2.45) is 11.1 Å². The first-order valence-corrected chi connectivity index (χ1v) is 12.0. The van der Waals surface area contributed by atoms with E-state index in [1.807, 2.05) is 31.2 Å². The molecule has 2 heterocycles. The molecule has 5 rings (SSSR count). The second kappa shape index (κ2) is 9.00. The lowest BCUT2D eigenvalue weighted by Crippen LogP contribution is -2.55. The van der Waals surface area contributed by atoms with Gasteiger partial charge in [0.05, 0.1) is 10.8 Å². The lowest BCUT2D eigenvalue weighted by atomic mass is 9.95. The van der Waals surface area contributed by atoms with Crippen LogP contribution >= 0.6 is 11.9 Å². The molecule has 1 amide bonds. The van der Waals surface area contributed by atoms with Gasteiger partial charge in [0.2, 0.25) is 5.91 Å². The van der Waals surface area contributed by atoms with Gasteiger partial charge in [0.1, 0.15) is 5.82 Å². The topological polar surface area (TPSA) is 49.6 Å². The number of anilines is 2. The fourth-order valence-corrected chi connectivity index (χ4v) is 5.24. The third-order valence-electron chi connectivity index (χ3n) is 6.68. The number of benzene rings is 3. The lowest BCUT2D eigenvalue weighted by molar-refractivity contribution is -0.123. The molecule has 2 aliphatic heterocycles. The number of rotatable bonds is 5. The van der Waals surface area contributed by atoms with E-state index in [0.717, 1.165) is 34.4 Å². The summed E-state index contributed by atoms with van der Waals surface area (Å²) in [5, 5.41) is 5.58. The molecule has 0 radical (unpaired) electrons. The maximum absolute atomic E-state index is 14.1. The van der Waals surface area contributed by atoms with Crippen LogP contribution in [0.25, 0.3) is 11.1 Å². The van der Waals surface area contributed by atoms with E-state index in [2.05, 4.69) is 4.90 Å². The van der Waals surface area contributed by atoms with Gasteiger partial charge in [-0.15, -0.1) is 0 Å². The number of nitrogens with two attached hydrogens (primary N) is 1. The molecule has 0 saturated carbocycles. The van der Waals surface area contributed by atoms with Gasteiger partial charge in [-0.3, -0.25) is 9.93 Å². The van der Waals surface area contributed by atoms with Crippen molar-refractivity contribution in [2.45, 2.75) is 30.7 Å². The molecule has 1 unspecified atom stereocenters. The van der Waals surface area contributed by atoms with Crippen LogP contribution in [0.2, 0.25) is 0 Å². The molecule has 0 aliphatic carbocycles. The van der Waals surface area contributed by atoms with Gasteiger partial charge in [0, 0.05) is 36.1 Å². The highest BCUT2D eigenvalue weighted by Gasteiger charge is 2.40. The Morgan fingerprint density at radius 2 is 1.79 bits per heavy atom. The van der Waals surface area contributed by atoms with Crippen LogP contribution in [0.3, 0.4) is 0 Å². The standard InChI is InChI=1S/C26H24F3N3OS/c1-15-10-17-11-22(27)24(34-30)12-23(17)32(15)26(33)18-13-31(14-18)19-8-6-16(7-9-19)20-4-2-3-5-21(20)25(28)29/h2-9,11-12,15,18,25H,10,13-14,30H2,1H3. The molecule has 3 aromatic rings. The molecule has 8 heteroatoms. The molecule has 1 atom stereocenters. The number of hydrogen-bond donors (Lipinski definition) is 1. The summed E-state index contributed by atoms with van der Waals surface area (Å²) in [6, 6.07) is 17.1. The van der Waals surface area contributed by atoms with Gasteiger partial charge in [0.15, 0.2) is 0 Å². The molecule has 0 bridgehead atoms. The van der Waals surface area contributed by atoms with Crippen molar-refractivity contribution >= 4 is 29.2 Å². The average molecular weight is 484 g/mol. The van der Waals surface area contributed by atoms with Gasteiger partial charge in [-0.1, -0.05) is 36.4 Å². The van der Waals surface area contributed by atoms with E-state index < -0.39 is 6.43 Å². The van der Waals surface area contributed by atoms with Crippen molar-refractivity contribution < 1.29 is 18.0 Å². The van der Waals surface area contributed by atoms with Crippen LogP contribution in [-0.4, -0.2) is 25.0 Å². The minimum atomic E-state index is -2.54. The minimum Gasteiger partial charge on any atom is -0.370 e. The van der Waals surface area contributed by atoms with Crippen LogP contribution in [0.15, 0.2) is 65.6 Å². The zero-order valence-corrected chi connectivity index (χ0v) is 19.4. The van der Waals surface area contributed by atoms with Crippen molar-refractivity contribution in [3.63, 3.8) is 0 Å². The summed E-state index contributed by atoms with van der Waals surface area (Å²) in [4.78, 5) is 17.5. The Labute approximate surface area is 200 Å². The Morgan fingerprint density at radius 1 is 1.09 bits per heavy atom. The number of carbonyl (C=O) groups is 1. The molecule has 2 aliphatic rings. The molecule has 0 spiro atoms. The summed E-state index contributed by atoms with van der Waals surface area (Å²) < 4.78 is 40.8. The van der Waals surface area contributed by atoms with Crippen molar-refractivity contribution in [1.29, 1.82) is 0 Å². The molecular formula is C26H24F3N3OS. The van der Waals surface area contributed by atoms with E-state index in [1.54, 1.807) is 29.2 Å². The molecule has 2 N–H and O–H groups in total. The van der Waals surface area contributed by atoms with Crippen LogP contribution in [0.1, 0.15) is 24.5 Å². The fourth-order valence-electron chi connectivity index (χ4n) is 4.89. The van der Waals surface area contributed by atoms with Gasteiger partial charge in [-0.25, -0.2) is 13.2 Å². The van der Waals surface area contributed by atoms with E-state index in [-0.39, 0.29) is 29.2 Å². The fraction of sp³-hybridized carbons (Fsp3) is 0.269. The molecular weight excluding hydrogens is 459 g/mol. The van der Waals surface area contributed by atoms with E-state index in [1.165, 1.54) is 12.1 Å². The largest absolute Gasteiger partial charge is 0.370 e. The van der Waals surface area contributed by atoms with Gasteiger partial charge in [-0.2, -0.15) is 0 Å². The van der Waals surface area contributed by atoms with Gasteiger partial charge < -0.3 is 9.80 Å². The third kappa shape index (κ3) is 3.95. The average Bonchev–Trinajstić information content (AvgIpc) is 3.12. The first-order chi connectivity index (χ1) is 16.4. The Hall–Kier alpha value is -2.97. The van der Waals surface area contributed by atoms with Crippen molar-refractivity contribution in [3.05, 3.63) is 77.6 Å². The summed E-state index contributed by atoms with van der Waals surface area (Å²) in [7, 11) is 0. The smallest absolute Gasteiger partial charge is 0.264 e. The number of carbonyl (C=O) groups excluding carboxylic acids is 1. The minimum absolute atomic E-state index is 0.0148. The SMILES string of the molecule is CC1Cc2cc(F)c(SN)cc2N1C(=O)C1CN(c2ccc(-c3ccccc3C(F)F)cc2)C1. The van der Waals surface area contributed by atoms with E-state index in [0.29, 0.717) is 30.0 Å². The van der Waals surface area contributed by atoms with E-state index in [9.17, 15) is 18.0 Å². The summed E-state index contributed by atoms with van der Waals surface area (Å²) in [6.45, 7) is 3.12. The van der Waals surface area contributed by atoms with Crippen LogP contribution in [-0.2, 0) is 11.2 Å². The summed E-state index contributed by atoms with van der Waals surface area (Å²) >= 11 is 0.841. The Balaban J connectivity index is 1.28. The van der Waals surface area contributed by atoms with Crippen LogP contribution in [0.4, 0.5) is 24.5 Å². The number of alkyl halides is 2. The number of halogens is 3. The summed E-state index contributed by atoms with van der Waals surface area (Å²) in [5.41, 5.74) is 3.78. The molecule has 0 aromatic heterocycles. The van der Waals surface area contributed by atoms with E-state index >= 15 is 0 Å². The first-order valence-electron chi connectivity index (χ1n) is 11.1. The highest BCUT2D eigenvalue weighted by Crippen LogP contribution is 2.39. The second-order valence-corrected chi connectivity index (χ2v) is 9.50. The molecule has 34 heavy (non-hydrogen) atoms. The first kappa shape index (κ1) is 22.8. The lowest BCUT2D eigenvalue weighted by Gasteiger charge is -2.42. The molecule has 1 fully saturated rings. The van der Waals surface area contributed by atoms with Gasteiger partial charge in [0.25, 0.3) is 6.43 Å².